The van der Waals surface area contributed by atoms with Crippen LogP contribution in [0.5, 0.6) is 0 Å². The molecule has 0 aliphatic carbocycles. The number of carbonyl (C=O) groups is 1. The summed E-state index contributed by atoms with van der Waals surface area (Å²) in [7, 11) is 0. The summed E-state index contributed by atoms with van der Waals surface area (Å²) in [6, 6.07) is 5.11. The summed E-state index contributed by atoms with van der Waals surface area (Å²) in [5.74, 6) is -0.456. The second-order valence-electron chi connectivity index (χ2n) is 6.40. The fourth-order valence-electron chi connectivity index (χ4n) is 3.07. The Morgan fingerprint density at radius 1 is 1.40 bits per heavy atom. The zero-order valence-electron chi connectivity index (χ0n) is 14.6. The molecule has 1 aromatic carbocycles. The van der Waals surface area contributed by atoms with Crippen LogP contribution in [-0.4, -0.2) is 36.2 Å². The maximum absolute atomic E-state index is 14.5. The number of ether oxygens (including phenoxy) is 1. The van der Waals surface area contributed by atoms with Crippen molar-refractivity contribution in [3.63, 3.8) is 0 Å². The van der Waals surface area contributed by atoms with Crippen LogP contribution in [0, 0.1) is 12.7 Å². The molecule has 0 bridgehead atoms. The first kappa shape index (κ1) is 17.8. The SMILES string of the molecule is Cc1ncsc1C(=O)NCc1ccc(N2CC(C)OC(C)C2)c(F)c1. The molecule has 7 heteroatoms. The molecule has 1 saturated heterocycles. The van der Waals surface area contributed by atoms with Crippen LogP contribution >= 0.6 is 11.3 Å². The highest BCUT2D eigenvalue weighted by Crippen LogP contribution is 2.24. The summed E-state index contributed by atoms with van der Waals surface area (Å²) in [4.78, 5) is 18.8. The number of hydrogen-bond acceptors (Lipinski definition) is 5. The van der Waals surface area contributed by atoms with Crippen LogP contribution in [-0.2, 0) is 11.3 Å². The highest BCUT2D eigenvalue weighted by Gasteiger charge is 2.24. The average molecular weight is 363 g/mol. The minimum Gasteiger partial charge on any atom is -0.372 e. The van der Waals surface area contributed by atoms with Gasteiger partial charge in [-0.3, -0.25) is 4.79 Å². The number of thiazole rings is 1. The number of benzene rings is 1. The molecule has 2 heterocycles. The van der Waals surface area contributed by atoms with Crippen LogP contribution in [0.2, 0.25) is 0 Å². The molecular weight excluding hydrogens is 341 g/mol. The van der Waals surface area contributed by atoms with Crippen LogP contribution in [0.15, 0.2) is 23.7 Å². The summed E-state index contributed by atoms with van der Waals surface area (Å²) in [6.07, 6.45) is 0.148. The highest BCUT2D eigenvalue weighted by molar-refractivity contribution is 7.11. The zero-order chi connectivity index (χ0) is 18.0. The van der Waals surface area contributed by atoms with Gasteiger partial charge in [0.25, 0.3) is 5.91 Å². The molecule has 134 valence electrons. The van der Waals surface area contributed by atoms with Gasteiger partial charge in [0.15, 0.2) is 0 Å². The van der Waals surface area contributed by atoms with Gasteiger partial charge in [0, 0.05) is 19.6 Å². The third kappa shape index (κ3) is 4.16. The molecule has 0 radical (unpaired) electrons. The second-order valence-corrected chi connectivity index (χ2v) is 7.25. The first-order valence-electron chi connectivity index (χ1n) is 8.31. The van der Waals surface area contributed by atoms with Crippen LogP contribution in [0.3, 0.4) is 0 Å². The fourth-order valence-corrected chi connectivity index (χ4v) is 3.79. The molecule has 2 unspecified atom stereocenters. The fraction of sp³-hybridized carbons (Fsp3) is 0.444. The first-order chi connectivity index (χ1) is 11.9. The standard InChI is InChI=1S/C18H22FN3O2S/c1-11-8-22(9-12(2)24-11)16-5-4-14(6-15(16)19)7-20-18(23)17-13(3)21-10-25-17/h4-6,10-12H,7-9H2,1-3H3,(H,20,23). The minimum atomic E-state index is -0.276. The molecule has 2 aromatic rings. The summed E-state index contributed by atoms with van der Waals surface area (Å²) < 4.78 is 20.2. The Hall–Kier alpha value is -1.99. The molecule has 2 atom stereocenters. The Morgan fingerprint density at radius 2 is 2.12 bits per heavy atom. The normalized spacial score (nSPS) is 20.6. The van der Waals surface area contributed by atoms with Crippen LogP contribution in [0.25, 0.3) is 0 Å². The van der Waals surface area contributed by atoms with E-state index in [1.807, 2.05) is 24.8 Å². The van der Waals surface area contributed by atoms with Crippen molar-refractivity contribution >= 4 is 22.9 Å². The van der Waals surface area contributed by atoms with E-state index in [1.54, 1.807) is 18.5 Å². The van der Waals surface area contributed by atoms with E-state index >= 15 is 0 Å². The van der Waals surface area contributed by atoms with E-state index in [2.05, 4.69) is 10.3 Å². The van der Waals surface area contributed by atoms with E-state index in [0.717, 1.165) is 5.56 Å². The van der Waals surface area contributed by atoms with Crippen molar-refractivity contribution in [3.05, 3.63) is 45.7 Å². The van der Waals surface area contributed by atoms with Gasteiger partial charge in [-0.25, -0.2) is 9.37 Å². The van der Waals surface area contributed by atoms with Gasteiger partial charge in [-0.05, 0) is 38.5 Å². The molecule has 0 spiro atoms. The number of halogens is 1. The number of aryl methyl sites for hydroxylation is 1. The lowest BCUT2D eigenvalue weighted by atomic mass is 10.1. The Kier molecular flexibility index (Phi) is 5.34. The third-order valence-electron chi connectivity index (χ3n) is 4.18. The largest absolute Gasteiger partial charge is 0.372 e. The van der Waals surface area contributed by atoms with Gasteiger partial charge in [0.05, 0.1) is 29.1 Å². The lowest BCUT2D eigenvalue weighted by Gasteiger charge is -2.37. The van der Waals surface area contributed by atoms with Gasteiger partial charge in [0.1, 0.15) is 10.7 Å². The molecule has 1 aliphatic heterocycles. The van der Waals surface area contributed by atoms with E-state index in [9.17, 15) is 9.18 Å². The smallest absolute Gasteiger partial charge is 0.263 e. The first-order valence-corrected chi connectivity index (χ1v) is 9.19. The third-order valence-corrected chi connectivity index (χ3v) is 5.10. The molecular formula is C18H22FN3O2S. The minimum absolute atomic E-state index is 0.0739. The number of nitrogens with zero attached hydrogens (tertiary/aromatic N) is 2. The van der Waals surface area contributed by atoms with Gasteiger partial charge in [-0.1, -0.05) is 6.07 Å². The van der Waals surface area contributed by atoms with E-state index in [1.165, 1.54) is 17.4 Å². The quantitative estimate of drug-likeness (QED) is 0.907. The molecule has 1 N–H and O–H groups in total. The topological polar surface area (TPSA) is 54.5 Å². The van der Waals surface area contributed by atoms with Crippen molar-refractivity contribution in [2.45, 2.75) is 39.5 Å². The lowest BCUT2D eigenvalue weighted by Crippen LogP contribution is -2.45. The lowest BCUT2D eigenvalue weighted by molar-refractivity contribution is -0.00539. The Morgan fingerprint density at radius 3 is 2.72 bits per heavy atom. The molecule has 1 amide bonds. The second kappa shape index (κ2) is 7.49. The number of carbonyl (C=O) groups excluding carboxylic acids is 1. The number of nitrogens with one attached hydrogen (secondary N) is 1. The molecule has 25 heavy (non-hydrogen) atoms. The maximum atomic E-state index is 14.5. The zero-order valence-corrected chi connectivity index (χ0v) is 15.4. The van der Waals surface area contributed by atoms with Crippen molar-refractivity contribution in [2.75, 3.05) is 18.0 Å². The Bertz CT molecular complexity index is 755. The molecule has 3 rings (SSSR count). The summed E-state index contributed by atoms with van der Waals surface area (Å²) in [5, 5.41) is 2.81. The number of amides is 1. The van der Waals surface area contributed by atoms with E-state index in [4.69, 9.17) is 4.74 Å². The monoisotopic (exact) mass is 363 g/mol. The van der Waals surface area contributed by atoms with Gasteiger partial charge < -0.3 is 15.0 Å². The number of hydrogen-bond donors (Lipinski definition) is 1. The molecule has 1 aliphatic rings. The number of morpholine rings is 1. The number of aromatic nitrogens is 1. The van der Waals surface area contributed by atoms with Crippen molar-refractivity contribution in [1.29, 1.82) is 0 Å². The van der Waals surface area contributed by atoms with Crippen LogP contribution in [0.1, 0.15) is 34.8 Å². The van der Waals surface area contributed by atoms with Crippen molar-refractivity contribution in [2.24, 2.45) is 0 Å². The van der Waals surface area contributed by atoms with Crippen molar-refractivity contribution < 1.29 is 13.9 Å². The van der Waals surface area contributed by atoms with Crippen molar-refractivity contribution in [1.82, 2.24) is 10.3 Å². The van der Waals surface area contributed by atoms with Crippen molar-refractivity contribution in [3.8, 4) is 0 Å². The van der Waals surface area contributed by atoms with E-state index in [-0.39, 0.29) is 30.5 Å². The Balaban J connectivity index is 1.66. The molecule has 0 saturated carbocycles. The Labute approximate surface area is 150 Å². The summed E-state index contributed by atoms with van der Waals surface area (Å²) in [6.45, 7) is 7.40. The van der Waals surface area contributed by atoms with Crippen LogP contribution < -0.4 is 10.2 Å². The molecule has 1 aromatic heterocycles. The predicted molar refractivity (Wildman–Crippen MR) is 96.6 cm³/mol. The molecule has 5 nitrogen and oxygen atoms in total. The molecule has 1 fully saturated rings. The maximum Gasteiger partial charge on any atom is 0.263 e. The average Bonchev–Trinajstić information content (AvgIpc) is 2.98. The highest BCUT2D eigenvalue weighted by atomic mass is 32.1. The van der Waals surface area contributed by atoms with Gasteiger partial charge in [-0.15, -0.1) is 11.3 Å². The van der Waals surface area contributed by atoms with E-state index < -0.39 is 0 Å². The predicted octanol–water partition coefficient (Wildman–Crippen LogP) is 3.13. The van der Waals surface area contributed by atoms with Gasteiger partial charge >= 0.3 is 0 Å². The number of anilines is 1. The van der Waals surface area contributed by atoms with E-state index in [0.29, 0.717) is 29.3 Å². The summed E-state index contributed by atoms with van der Waals surface area (Å²) in [5.41, 5.74) is 3.66. The van der Waals surface area contributed by atoms with Gasteiger partial charge in [0.2, 0.25) is 0 Å². The van der Waals surface area contributed by atoms with Crippen LogP contribution in [0.4, 0.5) is 10.1 Å². The van der Waals surface area contributed by atoms with Gasteiger partial charge in [-0.2, -0.15) is 0 Å². The summed E-state index contributed by atoms with van der Waals surface area (Å²) >= 11 is 1.30. The number of rotatable bonds is 4.